The van der Waals surface area contributed by atoms with Crippen LogP contribution in [0.1, 0.15) is 49.6 Å². The van der Waals surface area contributed by atoms with E-state index < -0.39 is 11.9 Å². The zero-order valence-corrected chi connectivity index (χ0v) is 17.9. The van der Waals surface area contributed by atoms with Gasteiger partial charge in [-0.2, -0.15) is 4.98 Å². The first-order valence-electron chi connectivity index (χ1n) is 10.0. The van der Waals surface area contributed by atoms with Crippen LogP contribution in [-0.2, 0) is 11.2 Å². The number of hydrogen-bond donors (Lipinski definition) is 2. The van der Waals surface area contributed by atoms with Gasteiger partial charge >= 0.3 is 0 Å². The average Bonchev–Trinajstić information content (AvgIpc) is 3.49. The molecule has 0 aliphatic carbocycles. The number of unbranched alkanes of at least 4 members (excludes halogenated alkanes) is 2. The van der Waals surface area contributed by atoms with Gasteiger partial charge in [0.15, 0.2) is 5.76 Å². The van der Waals surface area contributed by atoms with E-state index in [9.17, 15) is 9.59 Å². The second kappa shape index (κ2) is 10.7. The van der Waals surface area contributed by atoms with Crippen LogP contribution >= 0.6 is 11.3 Å². The molecule has 160 valence electrons. The standard InChI is InChI=1S/C21H26N4O4S/c1-14(2)18(24-20(26)15-8-6-12-28-15)21(27)22-11-5-3-4-10-17-23-19(25-29-17)16-9-7-13-30-16/h6-9,12-14,18H,3-5,10-11H2,1-2H3,(H,22,27)(H,24,26)/t18-/m0/s1. The molecular formula is C21H26N4O4S. The fourth-order valence-corrected chi connectivity index (χ4v) is 3.57. The minimum Gasteiger partial charge on any atom is -0.459 e. The number of aryl methyl sites for hydroxylation is 1. The van der Waals surface area contributed by atoms with E-state index in [1.165, 1.54) is 6.26 Å². The number of hydrogen-bond acceptors (Lipinski definition) is 7. The summed E-state index contributed by atoms with van der Waals surface area (Å²) in [6.45, 7) is 4.33. The smallest absolute Gasteiger partial charge is 0.287 e. The first-order valence-corrected chi connectivity index (χ1v) is 10.9. The number of aromatic nitrogens is 2. The lowest BCUT2D eigenvalue weighted by atomic mass is 10.0. The third-order valence-electron chi connectivity index (χ3n) is 4.56. The van der Waals surface area contributed by atoms with Crippen LogP contribution < -0.4 is 10.6 Å². The molecule has 1 atom stereocenters. The molecular weight excluding hydrogens is 404 g/mol. The Bertz CT molecular complexity index is 919. The highest BCUT2D eigenvalue weighted by atomic mass is 32.1. The van der Waals surface area contributed by atoms with Crippen LogP contribution in [0.4, 0.5) is 0 Å². The summed E-state index contributed by atoms with van der Waals surface area (Å²) in [7, 11) is 0. The third kappa shape index (κ3) is 6.03. The molecule has 3 rings (SSSR count). The van der Waals surface area contributed by atoms with E-state index in [0.717, 1.165) is 24.1 Å². The van der Waals surface area contributed by atoms with E-state index >= 15 is 0 Å². The normalized spacial score (nSPS) is 12.1. The maximum Gasteiger partial charge on any atom is 0.287 e. The second-order valence-electron chi connectivity index (χ2n) is 7.26. The van der Waals surface area contributed by atoms with E-state index in [1.54, 1.807) is 23.5 Å². The molecule has 0 bridgehead atoms. The van der Waals surface area contributed by atoms with Gasteiger partial charge in [-0.15, -0.1) is 11.3 Å². The van der Waals surface area contributed by atoms with Gasteiger partial charge in [-0.3, -0.25) is 9.59 Å². The molecule has 0 aliphatic heterocycles. The Hall–Kier alpha value is -2.94. The van der Waals surface area contributed by atoms with Crippen molar-refractivity contribution >= 4 is 23.2 Å². The van der Waals surface area contributed by atoms with Crippen LogP contribution in [0, 0.1) is 5.92 Å². The molecule has 30 heavy (non-hydrogen) atoms. The molecule has 0 aliphatic rings. The van der Waals surface area contributed by atoms with Crippen molar-refractivity contribution in [3.8, 4) is 10.7 Å². The third-order valence-corrected chi connectivity index (χ3v) is 5.42. The van der Waals surface area contributed by atoms with E-state index in [1.807, 2.05) is 31.4 Å². The van der Waals surface area contributed by atoms with Gasteiger partial charge in [-0.25, -0.2) is 0 Å². The van der Waals surface area contributed by atoms with E-state index in [0.29, 0.717) is 24.7 Å². The van der Waals surface area contributed by atoms with Crippen LogP contribution in [0.5, 0.6) is 0 Å². The van der Waals surface area contributed by atoms with Gasteiger partial charge in [-0.05, 0) is 42.3 Å². The van der Waals surface area contributed by atoms with Crippen molar-refractivity contribution in [2.75, 3.05) is 6.54 Å². The van der Waals surface area contributed by atoms with Crippen molar-refractivity contribution in [2.45, 2.75) is 45.6 Å². The highest BCUT2D eigenvalue weighted by Crippen LogP contribution is 2.21. The SMILES string of the molecule is CC(C)[C@H](NC(=O)c1ccco1)C(=O)NCCCCCc1nc(-c2cccs2)no1. The number of nitrogens with one attached hydrogen (secondary N) is 2. The van der Waals surface area contributed by atoms with Gasteiger partial charge in [-0.1, -0.05) is 31.5 Å². The zero-order valence-electron chi connectivity index (χ0n) is 17.1. The highest BCUT2D eigenvalue weighted by Gasteiger charge is 2.25. The van der Waals surface area contributed by atoms with E-state index in [4.69, 9.17) is 8.94 Å². The highest BCUT2D eigenvalue weighted by molar-refractivity contribution is 7.13. The van der Waals surface area contributed by atoms with Crippen LogP contribution in [-0.4, -0.2) is 34.5 Å². The Labute approximate surface area is 179 Å². The molecule has 3 aromatic heterocycles. The van der Waals surface area contributed by atoms with E-state index in [2.05, 4.69) is 20.8 Å². The predicted octanol–water partition coefficient (Wildman–Crippen LogP) is 3.67. The van der Waals surface area contributed by atoms with Crippen molar-refractivity contribution in [1.29, 1.82) is 0 Å². The summed E-state index contributed by atoms with van der Waals surface area (Å²) in [4.78, 5) is 30.0. The fourth-order valence-electron chi connectivity index (χ4n) is 2.92. The minimum atomic E-state index is -0.614. The summed E-state index contributed by atoms with van der Waals surface area (Å²) in [5.74, 6) is 0.819. The van der Waals surface area contributed by atoms with Crippen molar-refractivity contribution < 1.29 is 18.5 Å². The first-order chi connectivity index (χ1) is 14.5. The molecule has 2 amide bonds. The monoisotopic (exact) mass is 430 g/mol. The molecule has 3 aromatic rings. The summed E-state index contributed by atoms with van der Waals surface area (Å²) in [5, 5.41) is 11.6. The molecule has 8 nitrogen and oxygen atoms in total. The van der Waals surface area contributed by atoms with Crippen molar-refractivity contribution in [3.63, 3.8) is 0 Å². The fraction of sp³-hybridized carbons (Fsp3) is 0.429. The lowest BCUT2D eigenvalue weighted by Gasteiger charge is -2.21. The van der Waals surface area contributed by atoms with Gasteiger partial charge in [0.1, 0.15) is 6.04 Å². The maximum absolute atomic E-state index is 12.5. The van der Waals surface area contributed by atoms with Crippen LogP contribution in [0.3, 0.4) is 0 Å². The molecule has 9 heteroatoms. The summed E-state index contributed by atoms with van der Waals surface area (Å²) in [6.07, 6.45) is 4.78. The Morgan fingerprint density at radius 1 is 1.17 bits per heavy atom. The lowest BCUT2D eigenvalue weighted by Crippen LogP contribution is -2.49. The average molecular weight is 431 g/mol. The van der Waals surface area contributed by atoms with Gasteiger partial charge in [0.2, 0.25) is 17.6 Å². The number of nitrogens with zero attached hydrogens (tertiary/aromatic N) is 2. The lowest BCUT2D eigenvalue weighted by molar-refractivity contribution is -0.123. The number of amides is 2. The molecule has 2 N–H and O–H groups in total. The molecule has 0 fully saturated rings. The van der Waals surface area contributed by atoms with Crippen molar-refractivity contribution in [1.82, 2.24) is 20.8 Å². The predicted molar refractivity (Wildman–Crippen MR) is 113 cm³/mol. The quantitative estimate of drug-likeness (QED) is 0.449. The summed E-state index contributed by atoms with van der Waals surface area (Å²) in [6, 6.07) is 6.50. The number of carbonyl (C=O) groups is 2. The van der Waals surface area contributed by atoms with Gasteiger partial charge in [0.05, 0.1) is 11.1 Å². The van der Waals surface area contributed by atoms with Gasteiger partial charge < -0.3 is 19.6 Å². The van der Waals surface area contributed by atoms with Crippen LogP contribution in [0.15, 0.2) is 44.8 Å². The Balaban J connectivity index is 1.34. The van der Waals surface area contributed by atoms with Gasteiger partial charge in [0, 0.05) is 13.0 Å². The van der Waals surface area contributed by atoms with E-state index in [-0.39, 0.29) is 17.6 Å². The summed E-state index contributed by atoms with van der Waals surface area (Å²) in [5.41, 5.74) is 0. The Morgan fingerprint density at radius 2 is 2.03 bits per heavy atom. The summed E-state index contributed by atoms with van der Waals surface area (Å²) < 4.78 is 10.4. The molecule has 0 unspecified atom stereocenters. The van der Waals surface area contributed by atoms with Crippen molar-refractivity contribution in [3.05, 3.63) is 47.6 Å². The zero-order chi connectivity index (χ0) is 21.3. The number of carbonyl (C=O) groups excluding carboxylic acids is 2. The minimum absolute atomic E-state index is 0.0426. The molecule has 0 saturated carbocycles. The topological polar surface area (TPSA) is 110 Å². The summed E-state index contributed by atoms with van der Waals surface area (Å²) >= 11 is 1.58. The van der Waals surface area contributed by atoms with Crippen molar-refractivity contribution in [2.24, 2.45) is 5.92 Å². The first kappa shape index (κ1) is 21.8. The number of furan rings is 1. The molecule has 3 heterocycles. The molecule has 0 spiro atoms. The van der Waals surface area contributed by atoms with Gasteiger partial charge in [0.25, 0.3) is 5.91 Å². The van der Waals surface area contributed by atoms with Crippen LogP contribution in [0.2, 0.25) is 0 Å². The Morgan fingerprint density at radius 3 is 2.73 bits per heavy atom. The number of rotatable bonds is 11. The molecule has 0 aromatic carbocycles. The maximum atomic E-state index is 12.5. The van der Waals surface area contributed by atoms with Crippen LogP contribution in [0.25, 0.3) is 10.7 Å². The Kier molecular flexibility index (Phi) is 7.78. The molecule has 0 radical (unpaired) electrons. The second-order valence-corrected chi connectivity index (χ2v) is 8.21. The molecule has 0 saturated heterocycles. The largest absolute Gasteiger partial charge is 0.459 e. The number of thiophene rings is 1.